The van der Waals surface area contributed by atoms with E-state index in [0.29, 0.717) is 25.6 Å². The molecule has 94 valence electrons. The van der Waals surface area contributed by atoms with E-state index < -0.39 is 15.3 Å². The maximum absolute atomic E-state index is 11.5. The minimum Gasteiger partial charge on any atom is -0.380 e. The van der Waals surface area contributed by atoms with Crippen LogP contribution in [-0.2, 0) is 14.8 Å². The van der Waals surface area contributed by atoms with Gasteiger partial charge in [0.1, 0.15) is 0 Å². The monoisotopic (exact) mass is 248 g/mol. The van der Waals surface area contributed by atoms with Gasteiger partial charge in [0.25, 0.3) is 0 Å². The Bertz CT molecular complexity index is 319. The second kappa shape index (κ2) is 7.60. The van der Waals surface area contributed by atoms with Crippen molar-refractivity contribution in [3.8, 4) is 6.07 Å². The highest BCUT2D eigenvalue weighted by atomic mass is 32.2. The van der Waals surface area contributed by atoms with Crippen LogP contribution in [0.15, 0.2) is 0 Å². The molecular weight excluding hydrogens is 228 g/mol. The van der Waals surface area contributed by atoms with Crippen molar-refractivity contribution in [3.05, 3.63) is 0 Å². The maximum atomic E-state index is 11.5. The first-order valence-corrected chi connectivity index (χ1v) is 6.94. The van der Waals surface area contributed by atoms with Gasteiger partial charge in [-0.15, -0.1) is 0 Å². The average Bonchev–Trinajstić information content (AvgIpc) is 2.17. The van der Waals surface area contributed by atoms with Crippen LogP contribution in [0, 0.1) is 17.2 Å². The third kappa shape index (κ3) is 6.05. The summed E-state index contributed by atoms with van der Waals surface area (Å²) >= 11 is 0. The van der Waals surface area contributed by atoms with Crippen molar-refractivity contribution in [1.82, 2.24) is 4.72 Å². The molecule has 16 heavy (non-hydrogen) atoms. The smallest absolute Gasteiger partial charge is 0.228 e. The molecule has 0 aromatic rings. The molecule has 0 heterocycles. The van der Waals surface area contributed by atoms with Gasteiger partial charge < -0.3 is 4.74 Å². The zero-order valence-corrected chi connectivity index (χ0v) is 10.9. The molecule has 0 bridgehead atoms. The molecule has 0 amide bonds. The molecular formula is C10H20N2O3S. The molecule has 1 N–H and O–H groups in total. The van der Waals surface area contributed by atoms with Gasteiger partial charge in [-0.25, -0.2) is 13.1 Å². The van der Waals surface area contributed by atoms with E-state index in [1.807, 2.05) is 13.8 Å². The highest BCUT2D eigenvalue weighted by Crippen LogP contribution is 2.01. The Hall–Kier alpha value is -0.640. The van der Waals surface area contributed by atoms with Gasteiger partial charge in [-0.2, -0.15) is 5.26 Å². The number of nitrogens with one attached hydrogen (secondary N) is 1. The highest BCUT2D eigenvalue weighted by Gasteiger charge is 2.22. The Labute approximate surface area is 97.8 Å². The first kappa shape index (κ1) is 15.4. The van der Waals surface area contributed by atoms with Crippen molar-refractivity contribution in [3.63, 3.8) is 0 Å². The summed E-state index contributed by atoms with van der Waals surface area (Å²) in [7, 11) is -3.51. The van der Waals surface area contributed by atoms with Gasteiger partial charge in [-0.05, 0) is 12.3 Å². The molecule has 0 saturated heterocycles. The summed E-state index contributed by atoms with van der Waals surface area (Å²) in [4.78, 5) is 0. The van der Waals surface area contributed by atoms with Crippen LogP contribution in [-0.4, -0.2) is 33.4 Å². The lowest BCUT2D eigenvalue weighted by Gasteiger charge is -2.10. The SMILES string of the molecule is CCC(C#N)S(=O)(=O)NCCOCC(C)C. The number of rotatable bonds is 8. The number of sulfonamides is 1. The Morgan fingerprint density at radius 2 is 2.06 bits per heavy atom. The summed E-state index contributed by atoms with van der Waals surface area (Å²) in [5, 5.41) is 7.66. The zero-order valence-electron chi connectivity index (χ0n) is 10.1. The van der Waals surface area contributed by atoms with E-state index in [1.54, 1.807) is 13.0 Å². The molecule has 0 radical (unpaired) electrons. The van der Waals surface area contributed by atoms with Gasteiger partial charge in [-0.3, -0.25) is 0 Å². The molecule has 0 aromatic heterocycles. The zero-order chi connectivity index (χ0) is 12.6. The largest absolute Gasteiger partial charge is 0.380 e. The summed E-state index contributed by atoms with van der Waals surface area (Å²) in [5.74, 6) is 0.430. The van der Waals surface area contributed by atoms with Crippen molar-refractivity contribution in [2.45, 2.75) is 32.4 Å². The molecule has 0 aromatic carbocycles. The summed E-state index contributed by atoms with van der Waals surface area (Å²) < 4.78 is 30.6. The van der Waals surface area contributed by atoms with E-state index >= 15 is 0 Å². The maximum Gasteiger partial charge on any atom is 0.228 e. The Morgan fingerprint density at radius 1 is 1.44 bits per heavy atom. The van der Waals surface area contributed by atoms with Gasteiger partial charge in [0, 0.05) is 13.2 Å². The van der Waals surface area contributed by atoms with E-state index in [4.69, 9.17) is 10.00 Å². The molecule has 0 rings (SSSR count). The van der Waals surface area contributed by atoms with Crippen LogP contribution in [0.5, 0.6) is 0 Å². The fraction of sp³-hybridized carbons (Fsp3) is 0.900. The Kier molecular flexibility index (Phi) is 7.30. The highest BCUT2D eigenvalue weighted by molar-refractivity contribution is 7.90. The normalized spacial score (nSPS) is 13.7. The first-order chi connectivity index (χ1) is 7.44. The first-order valence-electron chi connectivity index (χ1n) is 5.39. The van der Waals surface area contributed by atoms with Crippen LogP contribution in [0.25, 0.3) is 0 Å². The van der Waals surface area contributed by atoms with Gasteiger partial charge in [-0.1, -0.05) is 20.8 Å². The summed E-state index contributed by atoms with van der Waals surface area (Å²) in [5.41, 5.74) is 0. The number of nitriles is 1. The molecule has 1 unspecified atom stereocenters. The molecule has 0 spiro atoms. The van der Waals surface area contributed by atoms with Crippen LogP contribution in [0.2, 0.25) is 0 Å². The van der Waals surface area contributed by atoms with Gasteiger partial charge in [0.2, 0.25) is 10.0 Å². The van der Waals surface area contributed by atoms with Gasteiger partial charge >= 0.3 is 0 Å². The second-order valence-electron chi connectivity index (χ2n) is 3.93. The van der Waals surface area contributed by atoms with E-state index in [9.17, 15) is 8.42 Å². The minimum absolute atomic E-state index is 0.216. The van der Waals surface area contributed by atoms with Crippen LogP contribution in [0.4, 0.5) is 0 Å². The summed E-state index contributed by atoms with van der Waals surface area (Å²) in [6, 6.07) is 1.76. The van der Waals surface area contributed by atoms with Crippen molar-refractivity contribution in [2.24, 2.45) is 5.92 Å². The fourth-order valence-corrected chi connectivity index (χ4v) is 2.20. The van der Waals surface area contributed by atoms with Crippen LogP contribution >= 0.6 is 0 Å². The lowest BCUT2D eigenvalue weighted by Crippen LogP contribution is -2.35. The molecule has 0 aliphatic heterocycles. The van der Waals surface area contributed by atoms with Crippen molar-refractivity contribution in [2.75, 3.05) is 19.8 Å². The lowest BCUT2D eigenvalue weighted by atomic mass is 10.2. The third-order valence-electron chi connectivity index (χ3n) is 1.89. The van der Waals surface area contributed by atoms with E-state index in [0.717, 1.165) is 0 Å². The number of hydrogen-bond donors (Lipinski definition) is 1. The number of nitrogens with zero attached hydrogens (tertiary/aromatic N) is 1. The number of ether oxygens (including phenoxy) is 1. The molecule has 0 aliphatic carbocycles. The number of hydrogen-bond acceptors (Lipinski definition) is 4. The molecule has 5 nitrogen and oxygen atoms in total. The van der Waals surface area contributed by atoms with Crippen molar-refractivity contribution < 1.29 is 13.2 Å². The Balaban J connectivity index is 3.89. The topological polar surface area (TPSA) is 79.2 Å². The fourth-order valence-electron chi connectivity index (χ4n) is 1.06. The molecule has 6 heteroatoms. The quantitative estimate of drug-likeness (QED) is 0.647. The predicted molar refractivity (Wildman–Crippen MR) is 62.3 cm³/mol. The molecule has 0 aliphatic rings. The van der Waals surface area contributed by atoms with E-state index in [2.05, 4.69) is 4.72 Å². The minimum atomic E-state index is -3.51. The van der Waals surface area contributed by atoms with E-state index in [1.165, 1.54) is 0 Å². The van der Waals surface area contributed by atoms with Gasteiger partial charge in [0.05, 0.1) is 12.7 Å². The summed E-state index contributed by atoms with van der Waals surface area (Å²) in [6.45, 7) is 6.87. The lowest BCUT2D eigenvalue weighted by molar-refractivity contribution is 0.114. The molecule has 0 saturated carbocycles. The molecule has 1 atom stereocenters. The standard InChI is InChI=1S/C10H20N2O3S/c1-4-10(7-11)16(13,14)12-5-6-15-8-9(2)3/h9-10,12H,4-6,8H2,1-3H3. The third-order valence-corrected chi connectivity index (χ3v) is 3.68. The van der Waals surface area contributed by atoms with Crippen LogP contribution < -0.4 is 4.72 Å². The van der Waals surface area contributed by atoms with Crippen molar-refractivity contribution >= 4 is 10.0 Å². The van der Waals surface area contributed by atoms with Crippen LogP contribution in [0.1, 0.15) is 27.2 Å². The summed E-state index contributed by atoms with van der Waals surface area (Å²) in [6.07, 6.45) is 0.290. The predicted octanol–water partition coefficient (Wildman–Crippen LogP) is 0.881. The average molecular weight is 248 g/mol. The van der Waals surface area contributed by atoms with Gasteiger partial charge in [0.15, 0.2) is 5.25 Å². The van der Waals surface area contributed by atoms with Crippen LogP contribution in [0.3, 0.4) is 0 Å². The van der Waals surface area contributed by atoms with E-state index in [-0.39, 0.29) is 6.54 Å². The second-order valence-corrected chi connectivity index (χ2v) is 5.88. The molecule has 0 fully saturated rings. The Morgan fingerprint density at radius 3 is 2.50 bits per heavy atom. The van der Waals surface area contributed by atoms with Crippen molar-refractivity contribution in [1.29, 1.82) is 5.26 Å².